The van der Waals surface area contributed by atoms with Crippen LogP contribution in [0, 0.1) is 0 Å². The van der Waals surface area contributed by atoms with E-state index in [0.29, 0.717) is 17.7 Å². The van der Waals surface area contributed by atoms with Crippen molar-refractivity contribution in [3.8, 4) is 17.2 Å². The molecule has 9 nitrogen and oxygen atoms in total. The SMILES string of the molecule is COC(=O)Cc1ccc(OS(=O)(=O)C(F)(F)F)c(Oc2ccc(C(F)(F)F)cc2CN2C(=O)O[C@@H](c3ccccc3)[C@H]2C)c1. The highest BCUT2D eigenvalue weighted by molar-refractivity contribution is 7.88. The number of hydrogen-bond acceptors (Lipinski definition) is 8. The maximum atomic E-state index is 13.7. The van der Waals surface area contributed by atoms with Gasteiger partial charge in [-0.15, -0.1) is 0 Å². The number of rotatable bonds is 9. The second-order valence-corrected chi connectivity index (χ2v) is 11.1. The molecule has 236 valence electrons. The minimum Gasteiger partial charge on any atom is -0.469 e. The Morgan fingerprint density at radius 2 is 1.59 bits per heavy atom. The van der Waals surface area contributed by atoms with Gasteiger partial charge < -0.3 is 18.4 Å². The summed E-state index contributed by atoms with van der Waals surface area (Å²) in [6.45, 7) is 1.11. The average molecular weight is 648 g/mol. The van der Waals surface area contributed by atoms with Crippen LogP contribution >= 0.6 is 0 Å². The van der Waals surface area contributed by atoms with Gasteiger partial charge in [-0.25, -0.2) is 4.79 Å². The summed E-state index contributed by atoms with van der Waals surface area (Å²) in [7, 11) is -5.12. The third-order valence-corrected chi connectivity index (χ3v) is 7.50. The predicted molar refractivity (Wildman–Crippen MR) is 140 cm³/mol. The number of carbonyl (C=O) groups excluding carboxylic acids is 2. The molecule has 1 saturated heterocycles. The highest BCUT2D eigenvalue weighted by Gasteiger charge is 2.49. The molecule has 3 aromatic rings. The zero-order chi connectivity index (χ0) is 32.4. The van der Waals surface area contributed by atoms with Gasteiger partial charge in [0.1, 0.15) is 11.9 Å². The van der Waals surface area contributed by atoms with E-state index in [9.17, 15) is 44.3 Å². The summed E-state index contributed by atoms with van der Waals surface area (Å²) < 4.78 is 124. The summed E-state index contributed by atoms with van der Waals surface area (Å²) in [5, 5.41) is 0. The van der Waals surface area contributed by atoms with Gasteiger partial charge in [-0.1, -0.05) is 36.4 Å². The van der Waals surface area contributed by atoms with E-state index in [0.717, 1.165) is 36.3 Å². The Hall–Kier alpha value is -4.47. The van der Waals surface area contributed by atoms with Gasteiger partial charge in [-0.2, -0.15) is 34.8 Å². The van der Waals surface area contributed by atoms with Crippen LogP contribution in [-0.2, 0) is 43.5 Å². The molecule has 0 bridgehead atoms. The van der Waals surface area contributed by atoms with Gasteiger partial charge in [0.05, 0.1) is 31.7 Å². The smallest absolute Gasteiger partial charge is 0.469 e. The second kappa shape index (κ2) is 12.3. The highest BCUT2D eigenvalue weighted by atomic mass is 32.2. The Morgan fingerprint density at radius 3 is 2.20 bits per heavy atom. The first-order chi connectivity index (χ1) is 20.5. The van der Waals surface area contributed by atoms with E-state index in [2.05, 4.69) is 8.92 Å². The van der Waals surface area contributed by atoms with Crippen molar-refractivity contribution in [3.05, 3.63) is 89.0 Å². The maximum Gasteiger partial charge on any atom is 0.534 e. The first-order valence-corrected chi connectivity index (χ1v) is 14.0. The molecule has 0 unspecified atom stereocenters. The lowest BCUT2D eigenvalue weighted by atomic mass is 10.0. The largest absolute Gasteiger partial charge is 0.534 e. The molecule has 1 aliphatic rings. The summed E-state index contributed by atoms with van der Waals surface area (Å²) >= 11 is 0. The van der Waals surface area contributed by atoms with Crippen LogP contribution in [0.1, 0.15) is 35.3 Å². The summed E-state index contributed by atoms with van der Waals surface area (Å²) in [4.78, 5) is 25.7. The number of esters is 1. The molecule has 16 heteroatoms. The summed E-state index contributed by atoms with van der Waals surface area (Å²) in [5.41, 5.74) is -6.49. The van der Waals surface area contributed by atoms with Crippen molar-refractivity contribution in [2.45, 2.75) is 43.7 Å². The predicted octanol–water partition coefficient (Wildman–Crippen LogP) is 6.52. The van der Waals surface area contributed by atoms with Gasteiger partial charge >= 0.3 is 33.9 Å². The molecule has 3 aromatic carbocycles. The molecule has 44 heavy (non-hydrogen) atoms. The van der Waals surface area contributed by atoms with Crippen molar-refractivity contribution < 1.29 is 62.7 Å². The van der Waals surface area contributed by atoms with E-state index in [1.54, 1.807) is 37.3 Å². The van der Waals surface area contributed by atoms with E-state index in [-0.39, 0.29) is 16.9 Å². The molecule has 0 radical (unpaired) electrons. The molecule has 1 amide bonds. The molecule has 0 aromatic heterocycles. The third kappa shape index (κ3) is 7.18. The fourth-order valence-electron chi connectivity index (χ4n) is 4.30. The molecule has 1 heterocycles. The van der Waals surface area contributed by atoms with Gasteiger partial charge in [-0.3, -0.25) is 9.69 Å². The summed E-state index contributed by atoms with van der Waals surface area (Å²) in [6, 6.07) is 12.9. The minimum absolute atomic E-state index is 0.0829. The van der Waals surface area contributed by atoms with Crippen LogP contribution in [0.5, 0.6) is 17.2 Å². The summed E-state index contributed by atoms with van der Waals surface area (Å²) in [5.74, 6) is -2.80. The van der Waals surface area contributed by atoms with E-state index in [4.69, 9.17) is 9.47 Å². The lowest BCUT2D eigenvalue weighted by molar-refractivity contribution is -0.140. The quantitative estimate of drug-likeness (QED) is 0.112. The lowest BCUT2D eigenvalue weighted by Crippen LogP contribution is -2.31. The van der Waals surface area contributed by atoms with E-state index in [1.807, 2.05) is 0 Å². The van der Waals surface area contributed by atoms with Gasteiger partial charge in [0.15, 0.2) is 11.5 Å². The molecule has 0 N–H and O–H groups in total. The molecular formula is C28H23F6NO8S. The molecule has 4 rings (SSSR count). The monoisotopic (exact) mass is 647 g/mol. The topological polar surface area (TPSA) is 108 Å². The van der Waals surface area contributed by atoms with Crippen molar-refractivity contribution in [1.29, 1.82) is 0 Å². The van der Waals surface area contributed by atoms with E-state index in [1.165, 1.54) is 0 Å². The first kappa shape index (κ1) is 32.4. The third-order valence-electron chi connectivity index (χ3n) is 6.54. The van der Waals surface area contributed by atoms with Crippen molar-refractivity contribution in [1.82, 2.24) is 4.90 Å². The molecule has 2 atom stereocenters. The number of benzene rings is 3. The molecule has 0 saturated carbocycles. The first-order valence-electron chi connectivity index (χ1n) is 12.6. The van der Waals surface area contributed by atoms with E-state index >= 15 is 0 Å². The minimum atomic E-state index is -6.20. The number of hydrogen-bond donors (Lipinski definition) is 0. The maximum absolute atomic E-state index is 13.7. The second-order valence-electron chi connectivity index (χ2n) is 9.52. The standard InChI is InChI=1S/C28H23F6NO8S/c1-16-25(18-6-4-3-5-7-18)42-26(37)35(16)15-19-14-20(27(29,30)31)9-11-21(19)41-23-12-17(13-24(36)40-2)8-10-22(23)43-44(38,39)28(32,33)34/h3-12,14,16,25H,13,15H2,1-2H3/t16-,25-/m1/s1. The van der Waals surface area contributed by atoms with Crippen molar-refractivity contribution in [3.63, 3.8) is 0 Å². The molecule has 0 aliphatic carbocycles. The van der Waals surface area contributed by atoms with E-state index < -0.39 is 76.0 Å². The molecule has 1 fully saturated rings. The van der Waals surface area contributed by atoms with Crippen LogP contribution in [0.4, 0.5) is 31.1 Å². The Balaban J connectivity index is 1.75. The Labute approximate surface area is 247 Å². The summed E-state index contributed by atoms with van der Waals surface area (Å²) in [6.07, 6.45) is -6.86. The van der Waals surface area contributed by atoms with Crippen LogP contribution in [0.25, 0.3) is 0 Å². The van der Waals surface area contributed by atoms with Gasteiger partial charge in [0.25, 0.3) is 0 Å². The van der Waals surface area contributed by atoms with Crippen LogP contribution in [-0.4, -0.2) is 44.0 Å². The van der Waals surface area contributed by atoms with Gasteiger partial charge in [-0.05, 0) is 48.4 Å². The van der Waals surface area contributed by atoms with Crippen LogP contribution < -0.4 is 8.92 Å². The lowest BCUT2D eigenvalue weighted by Gasteiger charge is -2.23. The van der Waals surface area contributed by atoms with Crippen LogP contribution in [0.2, 0.25) is 0 Å². The van der Waals surface area contributed by atoms with Crippen LogP contribution in [0.15, 0.2) is 66.7 Å². The zero-order valence-corrected chi connectivity index (χ0v) is 23.6. The molecular weight excluding hydrogens is 624 g/mol. The average Bonchev–Trinajstić information content (AvgIpc) is 3.22. The van der Waals surface area contributed by atoms with Gasteiger partial charge in [0, 0.05) is 5.56 Å². The number of carbonyl (C=O) groups is 2. The Morgan fingerprint density at radius 1 is 0.932 bits per heavy atom. The van der Waals surface area contributed by atoms with Crippen molar-refractivity contribution in [2.24, 2.45) is 0 Å². The number of halogens is 6. The number of methoxy groups -OCH3 is 1. The number of cyclic esters (lactones) is 1. The molecule has 1 aliphatic heterocycles. The number of amides is 1. The fraction of sp³-hybridized carbons (Fsp3) is 0.286. The van der Waals surface area contributed by atoms with Crippen molar-refractivity contribution in [2.75, 3.05) is 7.11 Å². The Kier molecular flexibility index (Phi) is 9.04. The Bertz CT molecular complexity index is 1640. The highest BCUT2D eigenvalue weighted by Crippen LogP contribution is 2.41. The van der Waals surface area contributed by atoms with Gasteiger partial charge in [0.2, 0.25) is 0 Å². The normalized spacial score (nSPS) is 17.3. The van der Waals surface area contributed by atoms with Crippen molar-refractivity contribution >= 4 is 22.2 Å². The van der Waals surface area contributed by atoms with Crippen LogP contribution in [0.3, 0.4) is 0 Å². The number of alkyl halides is 6. The number of nitrogens with zero attached hydrogens (tertiary/aromatic N) is 1. The fourth-order valence-corrected chi connectivity index (χ4v) is 4.77. The number of ether oxygens (including phenoxy) is 3. The zero-order valence-electron chi connectivity index (χ0n) is 22.8. The molecule has 0 spiro atoms.